The molecule has 5 heteroatoms. The Morgan fingerprint density at radius 1 is 1.29 bits per heavy atom. The maximum Gasteiger partial charge on any atom is 0.331 e. The number of carbonyl (C=O) groups is 2. The number of esters is 1. The average Bonchev–Trinajstić information content (AvgIpc) is 2.87. The van der Waals surface area contributed by atoms with Crippen LogP contribution in [0.3, 0.4) is 0 Å². The monoisotopic (exact) mass is 294 g/mol. The molecule has 0 spiro atoms. The van der Waals surface area contributed by atoms with Crippen molar-refractivity contribution in [2.75, 3.05) is 20.2 Å². The molecule has 1 fully saturated rings. The highest BCUT2D eigenvalue weighted by Crippen LogP contribution is 2.37. The van der Waals surface area contributed by atoms with Gasteiger partial charge < -0.3 is 14.5 Å². The van der Waals surface area contributed by atoms with Crippen LogP contribution in [-0.4, -0.2) is 42.5 Å². The first-order chi connectivity index (χ1) is 9.77. The molecule has 0 bridgehead atoms. The smallest absolute Gasteiger partial charge is 0.331 e. The fraction of sp³-hybridized carbons (Fsp3) is 0.812. The zero-order chi connectivity index (χ0) is 16.1. The van der Waals surface area contributed by atoms with E-state index in [9.17, 15) is 9.59 Å². The van der Waals surface area contributed by atoms with E-state index in [0.29, 0.717) is 19.4 Å². The van der Waals surface area contributed by atoms with E-state index in [1.807, 2.05) is 0 Å². The summed E-state index contributed by atoms with van der Waals surface area (Å²) in [5.41, 5.74) is -0.797. The molecule has 5 nitrogen and oxygen atoms in total. The Bertz CT molecular complexity index is 426. The van der Waals surface area contributed by atoms with Crippen molar-refractivity contribution in [1.29, 1.82) is 0 Å². The minimum absolute atomic E-state index is 0.0621. The quantitative estimate of drug-likeness (QED) is 0.578. The lowest BCUT2D eigenvalue weighted by molar-refractivity contribution is -0.161. The summed E-state index contributed by atoms with van der Waals surface area (Å²) in [4.78, 5) is 29.5. The molecular weight excluding hydrogens is 268 g/mol. The lowest BCUT2D eigenvalue weighted by Crippen LogP contribution is -2.57. The van der Waals surface area contributed by atoms with Crippen molar-refractivity contribution in [3.63, 3.8) is 0 Å². The number of amides is 1. The van der Waals surface area contributed by atoms with Crippen LogP contribution in [0.1, 0.15) is 52.9 Å². The second-order valence-electron chi connectivity index (χ2n) is 6.90. The van der Waals surface area contributed by atoms with Gasteiger partial charge in [0.15, 0.2) is 0 Å². The van der Waals surface area contributed by atoms with Crippen molar-refractivity contribution in [3.8, 4) is 0 Å². The Morgan fingerprint density at radius 2 is 1.86 bits per heavy atom. The van der Waals surface area contributed by atoms with E-state index in [1.54, 1.807) is 4.90 Å². The molecule has 0 atom stereocenters. The molecule has 1 saturated carbocycles. The number of hydrogen-bond donors (Lipinski definition) is 0. The van der Waals surface area contributed by atoms with Gasteiger partial charge >= 0.3 is 11.9 Å². The molecule has 1 rings (SSSR count). The van der Waals surface area contributed by atoms with Crippen LogP contribution >= 0.6 is 0 Å². The van der Waals surface area contributed by atoms with Crippen LogP contribution in [0.4, 0.5) is 0 Å². The van der Waals surface area contributed by atoms with Gasteiger partial charge in [0.1, 0.15) is 5.54 Å². The van der Waals surface area contributed by atoms with Crippen LogP contribution < -0.4 is 0 Å². The van der Waals surface area contributed by atoms with Gasteiger partial charge in [-0.15, -0.1) is 0 Å². The molecule has 0 heterocycles. The first-order valence-electron chi connectivity index (χ1n) is 7.49. The highest BCUT2D eigenvalue weighted by Gasteiger charge is 2.49. The van der Waals surface area contributed by atoms with Crippen LogP contribution in [0.25, 0.3) is 4.85 Å². The van der Waals surface area contributed by atoms with Gasteiger partial charge in [0, 0.05) is 6.54 Å². The molecule has 0 aromatic heterocycles. The summed E-state index contributed by atoms with van der Waals surface area (Å²) in [6.07, 6.45) is 3.87. The van der Waals surface area contributed by atoms with E-state index in [2.05, 4.69) is 25.6 Å². The largest absolute Gasteiger partial charge is 0.467 e. The standard InChI is InChI=1S/C16H26N2O3/c1-15(2,3)10-11-18(13(19)12-17-4)16(14(20)21-5)8-6-7-9-16/h6-12H2,1-3,5H3. The molecule has 0 aromatic carbocycles. The number of methoxy groups -OCH3 is 1. The first-order valence-corrected chi connectivity index (χ1v) is 7.49. The third-order valence-corrected chi connectivity index (χ3v) is 4.11. The lowest BCUT2D eigenvalue weighted by Gasteiger charge is -2.39. The van der Waals surface area contributed by atoms with Crippen molar-refractivity contribution in [2.45, 2.75) is 58.4 Å². The fourth-order valence-corrected chi connectivity index (χ4v) is 2.91. The van der Waals surface area contributed by atoms with Crippen LogP contribution in [0.15, 0.2) is 0 Å². The normalized spacial score (nSPS) is 17.1. The maximum absolute atomic E-state index is 12.4. The molecule has 0 saturated heterocycles. The van der Waals surface area contributed by atoms with E-state index < -0.39 is 5.54 Å². The third kappa shape index (κ3) is 4.20. The van der Waals surface area contributed by atoms with Crippen LogP contribution in [-0.2, 0) is 14.3 Å². The van der Waals surface area contributed by atoms with Crippen molar-refractivity contribution in [1.82, 2.24) is 4.90 Å². The molecule has 1 aliphatic carbocycles. The van der Waals surface area contributed by atoms with E-state index in [4.69, 9.17) is 11.3 Å². The molecule has 1 amide bonds. The molecule has 0 aliphatic heterocycles. The highest BCUT2D eigenvalue weighted by molar-refractivity contribution is 5.89. The molecular formula is C16H26N2O3. The zero-order valence-electron chi connectivity index (χ0n) is 13.6. The SMILES string of the molecule is [C-]#[N+]CC(=O)N(CCC(C)(C)C)C1(C(=O)OC)CCCC1. The summed E-state index contributed by atoms with van der Waals surface area (Å²) in [6.45, 7) is 13.5. The second kappa shape index (κ2) is 6.93. The molecule has 21 heavy (non-hydrogen) atoms. The summed E-state index contributed by atoms with van der Waals surface area (Å²) < 4.78 is 4.97. The summed E-state index contributed by atoms with van der Waals surface area (Å²) in [5.74, 6) is -0.603. The van der Waals surface area contributed by atoms with Gasteiger partial charge in [-0.2, -0.15) is 0 Å². The number of carbonyl (C=O) groups excluding carboxylic acids is 2. The Labute approximate surface area is 127 Å². The van der Waals surface area contributed by atoms with Crippen molar-refractivity contribution in [3.05, 3.63) is 11.4 Å². The van der Waals surface area contributed by atoms with Gasteiger partial charge in [-0.05, 0) is 24.7 Å². The maximum atomic E-state index is 12.4. The number of ether oxygens (including phenoxy) is 1. The Hall–Kier alpha value is -1.57. The van der Waals surface area contributed by atoms with Gasteiger partial charge in [-0.1, -0.05) is 33.6 Å². The lowest BCUT2D eigenvalue weighted by atomic mass is 9.89. The van der Waals surface area contributed by atoms with Crippen molar-refractivity contribution in [2.24, 2.45) is 5.41 Å². The van der Waals surface area contributed by atoms with Gasteiger partial charge in [0.25, 0.3) is 6.54 Å². The number of rotatable bonds is 5. The molecule has 118 valence electrons. The minimum atomic E-state index is -0.859. The van der Waals surface area contributed by atoms with E-state index in [1.165, 1.54) is 7.11 Å². The summed E-state index contributed by atoms with van der Waals surface area (Å²) in [7, 11) is 1.36. The average molecular weight is 294 g/mol. The van der Waals surface area contributed by atoms with Crippen molar-refractivity contribution < 1.29 is 14.3 Å². The Balaban J connectivity index is 3.05. The fourth-order valence-electron chi connectivity index (χ4n) is 2.91. The van der Waals surface area contributed by atoms with E-state index >= 15 is 0 Å². The van der Waals surface area contributed by atoms with Crippen LogP contribution in [0.2, 0.25) is 0 Å². The molecule has 0 radical (unpaired) electrons. The van der Waals surface area contributed by atoms with Crippen molar-refractivity contribution >= 4 is 11.9 Å². The van der Waals surface area contributed by atoms with Crippen LogP contribution in [0.5, 0.6) is 0 Å². The van der Waals surface area contributed by atoms with Gasteiger partial charge in [-0.25, -0.2) is 11.4 Å². The third-order valence-electron chi connectivity index (χ3n) is 4.11. The molecule has 0 aromatic rings. The molecule has 0 unspecified atom stereocenters. The van der Waals surface area contributed by atoms with E-state index in [0.717, 1.165) is 19.3 Å². The molecule has 1 aliphatic rings. The van der Waals surface area contributed by atoms with Gasteiger partial charge in [0.2, 0.25) is 0 Å². The summed E-state index contributed by atoms with van der Waals surface area (Å²) in [5, 5.41) is 0. The zero-order valence-corrected chi connectivity index (χ0v) is 13.6. The first kappa shape index (κ1) is 17.5. The van der Waals surface area contributed by atoms with Gasteiger partial charge in [-0.3, -0.25) is 4.79 Å². The Kier molecular flexibility index (Phi) is 5.77. The summed E-state index contributed by atoms with van der Waals surface area (Å²) >= 11 is 0. The second-order valence-corrected chi connectivity index (χ2v) is 6.90. The summed E-state index contributed by atoms with van der Waals surface area (Å²) in [6, 6.07) is 0. The predicted molar refractivity (Wildman–Crippen MR) is 80.5 cm³/mol. The van der Waals surface area contributed by atoms with E-state index in [-0.39, 0.29) is 23.8 Å². The molecule has 0 N–H and O–H groups in total. The van der Waals surface area contributed by atoms with Gasteiger partial charge in [0.05, 0.1) is 7.11 Å². The topological polar surface area (TPSA) is 51.0 Å². The predicted octanol–water partition coefficient (Wildman–Crippen LogP) is 2.66. The number of hydrogen-bond acceptors (Lipinski definition) is 3. The Morgan fingerprint density at radius 3 is 2.29 bits per heavy atom. The van der Waals surface area contributed by atoms with Crippen LogP contribution in [0, 0.1) is 12.0 Å². The number of nitrogens with zero attached hydrogens (tertiary/aromatic N) is 2. The minimum Gasteiger partial charge on any atom is -0.467 e. The highest BCUT2D eigenvalue weighted by atomic mass is 16.5.